The van der Waals surface area contributed by atoms with Crippen molar-refractivity contribution in [3.8, 4) is 11.3 Å². The van der Waals surface area contributed by atoms with E-state index in [1.807, 2.05) is 0 Å². The number of hydrogen-bond acceptors (Lipinski definition) is 3. The lowest BCUT2D eigenvalue weighted by molar-refractivity contribution is 0.0521. The van der Waals surface area contributed by atoms with Crippen LogP contribution in [-0.2, 0) is 4.74 Å². The van der Waals surface area contributed by atoms with Crippen LogP contribution in [0.25, 0.3) is 11.3 Å². The Morgan fingerprint density at radius 2 is 2.17 bits per heavy atom. The summed E-state index contributed by atoms with van der Waals surface area (Å²) in [4.78, 5) is 28.0. The molecule has 0 aliphatic rings. The summed E-state index contributed by atoms with van der Waals surface area (Å²) in [5, 5.41) is 0.518. The number of imidazole rings is 1. The molecule has 2 N–H and O–H groups in total. The molecule has 1 heterocycles. The molecule has 0 aliphatic carbocycles. The van der Waals surface area contributed by atoms with Gasteiger partial charge in [-0.3, -0.25) is 4.98 Å². The Morgan fingerprint density at radius 1 is 1.39 bits per heavy atom. The topological polar surface area (TPSA) is 75.0 Å². The van der Waals surface area contributed by atoms with Crippen LogP contribution < -0.4 is 5.69 Å². The van der Waals surface area contributed by atoms with Gasteiger partial charge in [-0.1, -0.05) is 23.7 Å². The molecular weight excluding hydrogens is 256 g/mol. The number of carbonyl (C=O) groups excluding carboxylic acids is 1. The predicted octanol–water partition coefficient (Wildman–Crippen LogP) is 2.20. The number of ether oxygens (including phenoxy) is 1. The largest absolute Gasteiger partial charge is 0.461 e. The molecule has 0 amide bonds. The molecule has 6 heteroatoms. The van der Waals surface area contributed by atoms with E-state index in [0.29, 0.717) is 16.3 Å². The number of nitrogens with one attached hydrogen (secondary N) is 2. The molecular formula is C12H11ClN2O3. The highest BCUT2D eigenvalue weighted by Gasteiger charge is 2.17. The second-order valence-electron chi connectivity index (χ2n) is 3.56. The van der Waals surface area contributed by atoms with Crippen LogP contribution in [0.4, 0.5) is 0 Å². The summed E-state index contributed by atoms with van der Waals surface area (Å²) in [7, 11) is 0. The average molecular weight is 267 g/mol. The summed E-state index contributed by atoms with van der Waals surface area (Å²) < 4.78 is 4.87. The van der Waals surface area contributed by atoms with E-state index in [-0.39, 0.29) is 12.3 Å². The third-order valence-electron chi connectivity index (χ3n) is 2.32. The van der Waals surface area contributed by atoms with Gasteiger partial charge in [0.05, 0.1) is 12.3 Å². The zero-order valence-electron chi connectivity index (χ0n) is 9.62. The molecule has 1 aromatic heterocycles. The fraction of sp³-hybridized carbons (Fsp3) is 0.167. The van der Waals surface area contributed by atoms with Crippen molar-refractivity contribution in [2.45, 2.75) is 6.92 Å². The SMILES string of the molecule is CCOC(=O)c1[nH]c(=O)[nH]c1-c1cccc(Cl)c1. The fourth-order valence-corrected chi connectivity index (χ4v) is 1.79. The van der Waals surface area contributed by atoms with Crippen molar-refractivity contribution in [1.82, 2.24) is 9.97 Å². The molecule has 0 bridgehead atoms. The molecule has 18 heavy (non-hydrogen) atoms. The van der Waals surface area contributed by atoms with Gasteiger partial charge in [0.25, 0.3) is 0 Å². The number of esters is 1. The standard InChI is InChI=1S/C12H11ClN2O3/c1-2-18-11(16)10-9(14-12(17)15-10)7-4-3-5-8(13)6-7/h3-6H,2H2,1H3,(H2,14,15,17). The van der Waals surface area contributed by atoms with Gasteiger partial charge in [-0.25, -0.2) is 9.59 Å². The van der Waals surface area contributed by atoms with E-state index in [4.69, 9.17) is 16.3 Å². The summed E-state index contributed by atoms with van der Waals surface area (Å²) in [5.41, 5.74) is 0.655. The van der Waals surface area contributed by atoms with Crippen LogP contribution in [0.15, 0.2) is 29.1 Å². The van der Waals surface area contributed by atoms with Crippen LogP contribution in [0.3, 0.4) is 0 Å². The lowest BCUT2D eigenvalue weighted by atomic mass is 10.1. The minimum Gasteiger partial charge on any atom is -0.461 e. The number of benzene rings is 1. The molecule has 0 saturated heterocycles. The van der Waals surface area contributed by atoms with Crippen molar-refractivity contribution in [3.63, 3.8) is 0 Å². The molecule has 0 aliphatic heterocycles. The number of halogens is 1. The number of hydrogen-bond donors (Lipinski definition) is 2. The maximum absolute atomic E-state index is 11.7. The van der Waals surface area contributed by atoms with Gasteiger partial charge in [0.1, 0.15) is 0 Å². The molecule has 1 aromatic carbocycles. The smallest absolute Gasteiger partial charge is 0.357 e. The third-order valence-corrected chi connectivity index (χ3v) is 2.56. The number of H-pyrrole nitrogens is 2. The summed E-state index contributed by atoms with van der Waals surface area (Å²) in [6.45, 7) is 1.93. The quantitative estimate of drug-likeness (QED) is 0.837. The number of aromatic nitrogens is 2. The van der Waals surface area contributed by atoms with E-state index in [0.717, 1.165) is 0 Å². The Hall–Kier alpha value is -2.01. The Bertz CT molecular complexity index is 630. The van der Waals surface area contributed by atoms with Crippen LogP contribution in [0.1, 0.15) is 17.4 Å². The molecule has 2 aromatic rings. The van der Waals surface area contributed by atoms with Crippen molar-refractivity contribution in [2.24, 2.45) is 0 Å². The summed E-state index contributed by atoms with van der Waals surface area (Å²) in [5.74, 6) is -0.578. The van der Waals surface area contributed by atoms with Crippen molar-refractivity contribution in [2.75, 3.05) is 6.61 Å². The van der Waals surface area contributed by atoms with Crippen LogP contribution in [-0.4, -0.2) is 22.5 Å². The predicted molar refractivity (Wildman–Crippen MR) is 67.8 cm³/mol. The average Bonchev–Trinajstić information content (AvgIpc) is 2.72. The van der Waals surface area contributed by atoms with Crippen molar-refractivity contribution >= 4 is 17.6 Å². The van der Waals surface area contributed by atoms with E-state index in [2.05, 4.69) is 9.97 Å². The van der Waals surface area contributed by atoms with Crippen LogP contribution in [0, 0.1) is 0 Å². The molecule has 0 fully saturated rings. The molecule has 94 valence electrons. The van der Waals surface area contributed by atoms with Gasteiger partial charge in [0.2, 0.25) is 0 Å². The highest BCUT2D eigenvalue weighted by Crippen LogP contribution is 2.22. The van der Waals surface area contributed by atoms with Gasteiger partial charge in [-0.2, -0.15) is 0 Å². The van der Waals surface area contributed by atoms with E-state index < -0.39 is 11.7 Å². The molecule has 2 rings (SSSR count). The van der Waals surface area contributed by atoms with Gasteiger partial charge >= 0.3 is 11.7 Å². The normalized spacial score (nSPS) is 10.3. The molecule has 0 atom stereocenters. The van der Waals surface area contributed by atoms with E-state index >= 15 is 0 Å². The highest BCUT2D eigenvalue weighted by molar-refractivity contribution is 6.30. The van der Waals surface area contributed by atoms with Gasteiger partial charge < -0.3 is 9.72 Å². The van der Waals surface area contributed by atoms with Crippen LogP contribution in [0.2, 0.25) is 5.02 Å². The second kappa shape index (κ2) is 5.10. The molecule has 0 radical (unpaired) electrons. The molecule has 0 spiro atoms. The minimum atomic E-state index is -0.578. The Balaban J connectivity index is 2.51. The van der Waals surface area contributed by atoms with Gasteiger partial charge in [-0.15, -0.1) is 0 Å². The summed E-state index contributed by atoms with van der Waals surface area (Å²) >= 11 is 5.88. The van der Waals surface area contributed by atoms with Crippen molar-refractivity contribution < 1.29 is 9.53 Å². The first-order valence-electron chi connectivity index (χ1n) is 5.37. The van der Waals surface area contributed by atoms with Gasteiger partial charge in [0, 0.05) is 10.6 Å². The maximum atomic E-state index is 11.7. The van der Waals surface area contributed by atoms with Crippen molar-refractivity contribution in [1.29, 1.82) is 0 Å². The first-order chi connectivity index (χ1) is 8.61. The zero-order chi connectivity index (χ0) is 13.1. The lowest BCUT2D eigenvalue weighted by Gasteiger charge is -2.03. The first kappa shape index (κ1) is 12.4. The second-order valence-corrected chi connectivity index (χ2v) is 4.00. The third kappa shape index (κ3) is 2.46. The van der Waals surface area contributed by atoms with Crippen molar-refractivity contribution in [3.05, 3.63) is 45.5 Å². The zero-order valence-corrected chi connectivity index (χ0v) is 10.4. The summed E-state index contributed by atoms with van der Waals surface area (Å²) in [6.07, 6.45) is 0. The first-order valence-corrected chi connectivity index (χ1v) is 5.75. The molecule has 0 saturated carbocycles. The minimum absolute atomic E-state index is 0.101. The Morgan fingerprint density at radius 3 is 2.83 bits per heavy atom. The van der Waals surface area contributed by atoms with Gasteiger partial charge in [0.15, 0.2) is 5.69 Å². The van der Waals surface area contributed by atoms with Gasteiger partial charge in [-0.05, 0) is 19.1 Å². The number of rotatable bonds is 3. The summed E-state index contributed by atoms with van der Waals surface area (Å²) in [6, 6.07) is 6.84. The number of carbonyl (C=O) groups is 1. The van der Waals surface area contributed by atoms with E-state index in [1.165, 1.54) is 0 Å². The highest BCUT2D eigenvalue weighted by atomic mass is 35.5. The Kier molecular flexibility index (Phi) is 3.53. The maximum Gasteiger partial charge on any atom is 0.357 e. The van der Waals surface area contributed by atoms with Crippen LogP contribution >= 0.6 is 11.6 Å². The monoisotopic (exact) mass is 266 g/mol. The van der Waals surface area contributed by atoms with E-state index in [1.54, 1.807) is 31.2 Å². The van der Waals surface area contributed by atoms with E-state index in [9.17, 15) is 9.59 Å². The molecule has 0 unspecified atom stereocenters. The lowest BCUT2D eigenvalue weighted by Crippen LogP contribution is -2.08. The Labute approximate surface area is 108 Å². The molecule has 5 nitrogen and oxygen atoms in total. The number of aromatic amines is 2. The fourth-order valence-electron chi connectivity index (χ4n) is 1.60. The van der Waals surface area contributed by atoms with Crippen LogP contribution in [0.5, 0.6) is 0 Å².